The van der Waals surface area contributed by atoms with E-state index in [1.54, 1.807) is 0 Å². The van der Waals surface area contributed by atoms with Crippen molar-refractivity contribution in [1.29, 1.82) is 0 Å². The molecule has 3 heteroatoms. The smallest absolute Gasteiger partial charge is 0.0534 e. The van der Waals surface area contributed by atoms with Crippen LogP contribution in [0.5, 0.6) is 0 Å². The molecule has 0 aliphatic rings. The lowest BCUT2D eigenvalue weighted by Crippen LogP contribution is -2.04. The number of rotatable bonds is 7. The Bertz CT molecular complexity index is 448. The lowest BCUT2D eigenvalue weighted by Gasteiger charge is -2.02. The molecular formula is C15H21N3. The highest BCUT2D eigenvalue weighted by molar-refractivity contribution is 5.14. The fourth-order valence-corrected chi connectivity index (χ4v) is 2.07. The largest absolute Gasteiger partial charge is 0.316 e. The van der Waals surface area contributed by atoms with E-state index in [0.29, 0.717) is 0 Å². The molecule has 2 aromatic rings. The Kier molecular flexibility index (Phi) is 4.97. The number of hydrogen-bond acceptors (Lipinski definition) is 2. The van der Waals surface area contributed by atoms with Gasteiger partial charge in [0.1, 0.15) is 0 Å². The maximum atomic E-state index is 4.36. The van der Waals surface area contributed by atoms with E-state index < -0.39 is 0 Å². The van der Waals surface area contributed by atoms with Gasteiger partial charge < -0.3 is 5.32 Å². The molecule has 0 saturated heterocycles. The van der Waals surface area contributed by atoms with E-state index in [0.717, 1.165) is 19.5 Å². The third-order valence-corrected chi connectivity index (χ3v) is 3.01. The summed E-state index contributed by atoms with van der Waals surface area (Å²) in [6.07, 6.45) is 7.61. The molecule has 2 rings (SSSR count). The Morgan fingerprint density at radius 1 is 1.11 bits per heavy atom. The predicted octanol–water partition coefficient (Wildman–Crippen LogP) is 2.63. The fraction of sp³-hybridized carbons (Fsp3) is 0.400. The van der Waals surface area contributed by atoms with E-state index in [-0.39, 0.29) is 0 Å². The third kappa shape index (κ3) is 4.00. The first-order valence-corrected chi connectivity index (χ1v) is 6.58. The highest BCUT2D eigenvalue weighted by atomic mass is 15.3. The SMILES string of the molecule is CNCc1cnn(CCCCc2ccccc2)c1. The van der Waals surface area contributed by atoms with Crippen molar-refractivity contribution in [3.05, 3.63) is 53.9 Å². The number of aromatic nitrogens is 2. The highest BCUT2D eigenvalue weighted by Crippen LogP contribution is 2.06. The van der Waals surface area contributed by atoms with Crippen molar-refractivity contribution >= 4 is 0 Å². The van der Waals surface area contributed by atoms with Crippen LogP contribution >= 0.6 is 0 Å². The lowest BCUT2D eigenvalue weighted by atomic mass is 10.1. The molecule has 0 aliphatic carbocycles. The van der Waals surface area contributed by atoms with Gasteiger partial charge in [-0.1, -0.05) is 30.3 Å². The maximum Gasteiger partial charge on any atom is 0.0534 e. The van der Waals surface area contributed by atoms with Crippen molar-refractivity contribution in [3.63, 3.8) is 0 Å². The minimum Gasteiger partial charge on any atom is -0.316 e. The Balaban J connectivity index is 1.68. The number of hydrogen-bond donors (Lipinski definition) is 1. The summed E-state index contributed by atoms with van der Waals surface area (Å²) in [7, 11) is 1.96. The Morgan fingerprint density at radius 3 is 2.72 bits per heavy atom. The van der Waals surface area contributed by atoms with E-state index in [1.165, 1.54) is 24.0 Å². The second-order valence-electron chi connectivity index (χ2n) is 4.58. The Labute approximate surface area is 109 Å². The molecule has 0 bridgehead atoms. The molecule has 1 heterocycles. The molecule has 0 spiro atoms. The van der Waals surface area contributed by atoms with Crippen molar-refractivity contribution in [2.75, 3.05) is 7.05 Å². The van der Waals surface area contributed by atoms with Crippen LogP contribution < -0.4 is 5.32 Å². The van der Waals surface area contributed by atoms with Crippen LogP contribution in [0, 0.1) is 0 Å². The summed E-state index contributed by atoms with van der Waals surface area (Å²) in [5, 5.41) is 7.49. The van der Waals surface area contributed by atoms with Crippen LogP contribution in [0.2, 0.25) is 0 Å². The summed E-state index contributed by atoms with van der Waals surface area (Å²) in [5.74, 6) is 0. The van der Waals surface area contributed by atoms with Gasteiger partial charge in [0.05, 0.1) is 6.20 Å². The van der Waals surface area contributed by atoms with Crippen LogP contribution in [0.3, 0.4) is 0 Å². The first kappa shape index (κ1) is 12.8. The van der Waals surface area contributed by atoms with Crippen molar-refractivity contribution in [2.24, 2.45) is 0 Å². The minimum absolute atomic E-state index is 0.893. The van der Waals surface area contributed by atoms with E-state index in [2.05, 4.69) is 46.9 Å². The Morgan fingerprint density at radius 2 is 1.94 bits per heavy atom. The number of nitrogens with zero attached hydrogens (tertiary/aromatic N) is 2. The molecule has 1 N–H and O–H groups in total. The van der Waals surface area contributed by atoms with E-state index >= 15 is 0 Å². The van der Waals surface area contributed by atoms with E-state index in [1.807, 2.05) is 17.9 Å². The van der Waals surface area contributed by atoms with Crippen LogP contribution in [0.1, 0.15) is 24.0 Å². The van der Waals surface area contributed by atoms with Crippen molar-refractivity contribution < 1.29 is 0 Å². The van der Waals surface area contributed by atoms with Gasteiger partial charge in [0.2, 0.25) is 0 Å². The summed E-state index contributed by atoms with van der Waals surface area (Å²) >= 11 is 0. The zero-order valence-electron chi connectivity index (χ0n) is 11.0. The molecule has 0 unspecified atom stereocenters. The minimum atomic E-state index is 0.893. The second-order valence-corrected chi connectivity index (χ2v) is 4.58. The number of benzene rings is 1. The summed E-state index contributed by atoms with van der Waals surface area (Å²) in [5.41, 5.74) is 2.68. The van der Waals surface area contributed by atoms with Gasteiger partial charge in [0.25, 0.3) is 0 Å². The summed E-state index contributed by atoms with van der Waals surface area (Å²) in [6, 6.07) is 10.7. The lowest BCUT2D eigenvalue weighted by molar-refractivity contribution is 0.557. The van der Waals surface area contributed by atoms with Gasteiger partial charge >= 0.3 is 0 Å². The summed E-state index contributed by atoms with van der Waals surface area (Å²) < 4.78 is 2.04. The quantitative estimate of drug-likeness (QED) is 0.758. The van der Waals surface area contributed by atoms with Crippen molar-refractivity contribution in [1.82, 2.24) is 15.1 Å². The first-order valence-electron chi connectivity index (χ1n) is 6.58. The number of nitrogens with one attached hydrogen (secondary N) is 1. The Hall–Kier alpha value is -1.61. The third-order valence-electron chi connectivity index (χ3n) is 3.01. The van der Waals surface area contributed by atoms with Gasteiger partial charge in [-0.15, -0.1) is 0 Å². The molecule has 3 nitrogen and oxygen atoms in total. The zero-order valence-corrected chi connectivity index (χ0v) is 11.0. The molecule has 0 saturated carbocycles. The van der Waals surface area contributed by atoms with Crippen LogP contribution in [0.15, 0.2) is 42.7 Å². The fourth-order valence-electron chi connectivity index (χ4n) is 2.07. The van der Waals surface area contributed by atoms with Crippen LogP contribution in [0.4, 0.5) is 0 Å². The average Bonchev–Trinajstić information content (AvgIpc) is 2.84. The standard InChI is InChI=1S/C15H21N3/c1-16-11-15-12-17-18(13-15)10-6-5-9-14-7-3-2-4-8-14/h2-4,7-8,12-13,16H,5-6,9-11H2,1H3. The van der Waals surface area contributed by atoms with Crippen LogP contribution in [-0.2, 0) is 19.5 Å². The maximum absolute atomic E-state index is 4.36. The second kappa shape index (κ2) is 6.97. The normalized spacial score (nSPS) is 10.7. The molecule has 0 fully saturated rings. The molecule has 0 aliphatic heterocycles. The van der Waals surface area contributed by atoms with Crippen LogP contribution in [-0.4, -0.2) is 16.8 Å². The summed E-state index contributed by atoms with van der Waals surface area (Å²) in [4.78, 5) is 0. The highest BCUT2D eigenvalue weighted by Gasteiger charge is 1.98. The number of unbranched alkanes of at least 4 members (excludes halogenated alkanes) is 1. The molecule has 0 radical (unpaired) electrons. The van der Waals surface area contributed by atoms with Gasteiger partial charge in [0.15, 0.2) is 0 Å². The van der Waals surface area contributed by atoms with Gasteiger partial charge in [-0.2, -0.15) is 5.10 Å². The van der Waals surface area contributed by atoms with E-state index in [9.17, 15) is 0 Å². The first-order chi connectivity index (χ1) is 8.88. The van der Waals surface area contributed by atoms with Gasteiger partial charge in [-0.05, 0) is 31.9 Å². The monoisotopic (exact) mass is 243 g/mol. The molecule has 18 heavy (non-hydrogen) atoms. The van der Waals surface area contributed by atoms with Crippen LogP contribution in [0.25, 0.3) is 0 Å². The molecule has 1 aromatic heterocycles. The van der Waals surface area contributed by atoms with Crippen molar-refractivity contribution in [2.45, 2.75) is 32.4 Å². The van der Waals surface area contributed by atoms with E-state index in [4.69, 9.17) is 0 Å². The molecule has 1 aromatic carbocycles. The predicted molar refractivity (Wildman–Crippen MR) is 74.4 cm³/mol. The van der Waals surface area contributed by atoms with Gasteiger partial charge in [-0.25, -0.2) is 0 Å². The number of aryl methyl sites for hydroxylation is 2. The van der Waals surface area contributed by atoms with Crippen molar-refractivity contribution in [3.8, 4) is 0 Å². The zero-order chi connectivity index (χ0) is 12.6. The van der Waals surface area contributed by atoms with Gasteiger partial charge in [-0.3, -0.25) is 4.68 Å². The average molecular weight is 243 g/mol. The molecule has 96 valence electrons. The molecule has 0 amide bonds. The molecule has 0 atom stereocenters. The summed E-state index contributed by atoms with van der Waals surface area (Å²) in [6.45, 7) is 1.90. The van der Waals surface area contributed by atoms with Gasteiger partial charge in [0, 0.05) is 24.8 Å². The molecular weight excluding hydrogens is 222 g/mol. The topological polar surface area (TPSA) is 29.9 Å².